The van der Waals surface area contributed by atoms with Crippen molar-refractivity contribution in [1.82, 2.24) is 14.5 Å². The summed E-state index contributed by atoms with van der Waals surface area (Å²) in [5.41, 5.74) is 0.0512. The maximum atomic E-state index is 13.8. The second-order valence-corrected chi connectivity index (χ2v) is 9.45. The van der Waals surface area contributed by atoms with Gasteiger partial charge in [-0.25, -0.2) is 21.9 Å². The molecule has 1 saturated carbocycles. The zero-order valence-electron chi connectivity index (χ0n) is 14.9. The van der Waals surface area contributed by atoms with Gasteiger partial charge in [-0.15, -0.1) is 11.3 Å². The summed E-state index contributed by atoms with van der Waals surface area (Å²) in [5.74, 6) is -1.58. The first-order valence-electron chi connectivity index (χ1n) is 9.01. The molecule has 28 heavy (non-hydrogen) atoms. The Morgan fingerprint density at radius 1 is 1.14 bits per heavy atom. The van der Waals surface area contributed by atoms with E-state index in [-0.39, 0.29) is 16.5 Å². The van der Waals surface area contributed by atoms with Gasteiger partial charge in [0.25, 0.3) is 0 Å². The van der Waals surface area contributed by atoms with Crippen LogP contribution in [-0.4, -0.2) is 18.2 Å². The van der Waals surface area contributed by atoms with Crippen LogP contribution >= 0.6 is 11.3 Å². The van der Waals surface area contributed by atoms with E-state index in [2.05, 4.69) is 9.82 Å². The van der Waals surface area contributed by atoms with Gasteiger partial charge in [-0.1, -0.05) is 25.0 Å². The Kier molecular flexibility index (Phi) is 5.31. The first-order chi connectivity index (χ1) is 13.5. The summed E-state index contributed by atoms with van der Waals surface area (Å²) in [7, 11) is -4.02. The van der Waals surface area contributed by atoms with Gasteiger partial charge in [-0.3, -0.25) is 4.68 Å². The zero-order chi connectivity index (χ0) is 19.7. The highest BCUT2D eigenvalue weighted by molar-refractivity contribution is 7.89. The molecule has 0 saturated heterocycles. The van der Waals surface area contributed by atoms with Crippen molar-refractivity contribution in [3.05, 3.63) is 59.1 Å². The first kappa shape index (κ1) is 19.2. The Morgan fingerprint density at radius 2 is 1.86 bits per heavy atom. The van der Waals surface area contributed by atoms with Crippen LogP contribution in [0.4, 0.5) is 8.78 Å². The molecule has 0 aliphatic heterocycles. The minimum atomic E-state index is -4.02. The van der Waals surface area contributed by atoms with Gasteiger partial charge in [0.1, 0.15) is 22.2 Å². The molecule has 1 N–H and O–H groups in total. The van der Waals surface area contributed by atoms with Crippen molar-refractivity contribution in [2.24, 2.45) is 0 Å². The van der Waals surface area contributed by atoms with Gasteiger partial charge >= 0.3 is 0 Å². The van der Waals surface area contributed by atoms with Crippen LogP contribution in [0, 0.1) is 11.6 Å². The molecular weight excluding hydrogens is 404 g/mol. The van der Waals surface area contributed by atoms with Gasteiger partial charge in [0.2, 0.25) is 10.0 Å². The molecule has 5 nitrogen and oxygen atoms in total. The number of rotatable bonds is 6. The van der Waals surface area contributed by atoms with Crippen LogP contribution in [0.2, 0.25) is 0 Å². The van der Waals surface area contributed by atoms with Crippen molar-refractivity contribution in [3.63, 3.8) is 0 Å². The molecule has 0 spiro atoms. The van der Waals surface area contributed by atoms with E-state index in [1.165, 1.54) is 23.6 Å². The maximum absolute atomic E-state index is 13.8. The Bertz CT molecular complexity index is 1050. The molecule has 148 valence electrons. The van der Waals surface area contributed by atoms with Crippen LogP contribution in [0.3, 0.4) is 0 Å². The van der Waals surface area contributed by atoms with Gasteiger partial charge in [0.15, 0.2) is 0 Å². The highest BCUT2D eigenvalue weighted by Crippen LogP contribution is 2.34. The van der Waals surface area contributed by atoms with E-state index in [0.29, 0.717) is 5.69 Å². The normalized spacial score (nSPS) is 15.4. The fourth-order valence-electron chi connectivity index (χ4n) is 3.46. The van der Waals surface area contributed by atoms with Crippen molar-refractivity contribution >= 4 is 21.4 Å². The van der Waals surface area contributed by atoms with Gasteiger partial charge in [0, 0.05) is 18.3 Å². The highest BCUT2D eigenvalue weighted by atomic mass is 32.2. The fraction of sp³-hybridized carbons (Fsp3) is 0.316. The maximum Gasteiger partial charge on any atom is 0.244 e. The van der Waals surface area contributed by atoms with Gasteiger partial charge in [0.05, 0.1) is 10.9 Å². The van der Waals surface area contributed by atoms with E-state index >= 15 is 0 Å². The third-order valence-electron chi connectivity index (χ3n) is 4.94. The molecule has 2 heterocycles. The molecule has 9 heteroatoms. The molecule has 1 fully saturated rings. The van der Waals surface area contributed by atoms with Crippen LogP contribution in [0.15, 0.2) is 46.8 Å². The Hall–Kier alpha value is -2.10. The number of sulfonamides is 1. The standard InChI is InChI=1S/C19H19F2N3O2S2/c20-15-7-3-8-16(21)14(15)11-22-28(25,26)18-12-24(13-5-1-2-6-13)23-19(18)17-9-4-10-27-17/h3-4,7-10,12-13,22H,1-2,5-6,11H2. The number of nitrogens with one attached hydrogen (secondary N) is 1. The molecule has 1 aromatic carbocycles. The van der Waals surface area contributed by atoms with E-state index in [1.54, 1.807) is 4.68 Å². The van der Waals surface area contributed by atoms with Crippen LogP contribution in [0.5, 0.6) is 0 Å². The van der Waals surface area contributed by atoms with E-state index < -0.39 is 28.2 Å². The third kappa shape index (κ3) is 3.74. The summed E-state index contributed by atoms with van der Waals surface area (Å²) in [4.78, 5) is 0.757. The molecule has 0 unspecified atom stereocenters. The highest BCUT2D eigenvalue weighted by Gasteiger charge is 2.28. The summed E-state index contributed by atoms with van der Waals surface area (Å²) < 4.78 is 57.7. The molecule has 4 rings (SSSR count). The van der Waals surface area contributed by atoms with Crippen molar-refractivity contribution < 1.29 is 17.2 Å². The fourth-order valence-corrected chi connectivity index (χ4v) is 5.39. The monoisotopic (exact) mass is 423 g/mol. The number of hydrogen-bond acceptors (Lipinski definition) is 4. The average molecular weight is 424 g/mol. The largest absolute Gasteiger partial charge is 0.268 e. The second-order valence-electron chi connectivity index (χ2n) is 6.76. The number of thiophene rings is 1. The summed E-state index contributed by atoms with van der Waals surface area (Å²) in [6, 6.07) is 7.24. The lowest BCUT2D eigenvalue weighted by Gasteiger charge is -2.09. The smallest absolute Gasteiger partial charge is 0.244 e. The summed E-state index contributed by atoms with van der Waals surface area (Å²) in [6.07, 6.45) is 5.63. The van der Waals surface area contributed by atoms with E-state index in [0.717, 1.165) is 42.7 Å². The van der Waals surface area contributed by atoms with E-state index in [1.807, 2.05) is 17.5 Å². The average Bonchev–Trinajstić information content (AvgIpc) is 3.40. The van der Waals surface area contributed by atoms with Crippen LogP contribution in [0.25, 0.3) is 10.6 Å². The quantitative estimate of drug-likeness (QED) is 0.636. The molecule has 1 aliphatic rings. The predicted octanol–water partition coefficient (Wildman–Crippen LogP) is 4.48. The van der Waals surface area contributed by atoms with E-state index in [9.17, 15) is 17.2 Å². The molecule has 0 bridgehead atoms. The van der Waals surface area contributed by atoms with Crippen molar-refractivity contribution in [2.45, 2.75) is 43.2 Å². The minimum Gasteiger partial charge on any atom is -0.268 e. The lowest BCUT2D eigenvalue weighted by Crippen LogP contribution is -2.24. The molecule has 0 amide bonds. The molecule has 2 aromatic heterocycles. The summed E-state index contributed by atoms with van der Waals surface area (Å²) in [5, 5.41) is 6.40. The van der Waals surface area contributed by atoms with Gasteiger partial charge in [-0.05, 0) is 36.4 Å². The van der Waals surface area contributed by atoms with Gasteiger partial charge < -0.3 is 0 Å². The van der Waals surface area contributed by atoms with Crippen molar-refractivity contribution in [1.29, 1.82) is 0 Å². The number of halogens is 2. The SMILES string of the molecule is O=S(=O)(NCc1c(F)cccc1F)c1cn(C2CCCC2)nc1-c1cccs1. The minimum absolute atomic E-state index is 0.0265. The zero-order valence-corrected chi connectivity index (χ0v) is 16.6. The number of aromatic nitrogens is 2. The van der Waals surface area contributed by atoms with Crippen molar-refractivity contribution in [3.8, 4) is 10.6 Å². The number of hydrogen-bond donors (Lipinski definition) is 1. The van der Waals surface area contributed by atoms with Crippen LogP contribution in [-0.2, 0) is 16.6 Å². The second kappa shape index (κ2) is 7.73. The number of benzene rings is 1. The summed E-state index contributed by atoms with van der Waals surface area (Å²) in [6.45, 7) is -0.473. The Labute approximate surface area is 166 Å². The van der Waals surface area contributed by atoms with Crippen LogP contribution in [0.1, 0.15) is 37.3 Å². The summed E-state index contributed by atoms with van der Waals surface area (Å²) >= 11 is 1.39. The van der Waals surface area contributed by atoms with E-state index in [4.69, 9.17) is 0 Å². The predicted molar refractivity (Wildman–Crippen MR) is 103 cm³/mol. The van der Waals surface area contributed by atoms with Crippen LogP contribution < -0.4 is 4.72 Å². The topological polar surface area (TPSA) is 64.0 Å². The molecule has 0 radical (unpaired) electrons. The molecular formula is C19H19F2N3O2S2. The van der Waals surface area contributed by atoms with Gasteiger partial charge in [-0.2, -0.15) is 5.10 Å². The molecule has 0 atom stereocenters. The Morgan fingerprint density at radius 3 is 2.50 bits per heavy atom. The third-order valence-corrected chi connectivity index (χ3v) is 7.22. The Balaban J connectivity index is 1.68. The lowest BCUT2D eigenvalue weighted by atomic mass is 10.2. The lowest BCUT2D eigenvalue weighted by molar-refractivity contribution is 0.467. The number of nitrogens with zero attached hydrogens (tertiary/aromatic N) is 2. The molecule has 1 aliphatic carbocycles. The van der Waals surface area contributed by atoms with Crippen molar-refractivity contribution in [2.75, 3.05) is 0 Å². The first-order valence-corrected chi connectivity index (χ1v) is 11.4. The molecule has 3 aromatic rings.